The maximum Gasteiger partial charge on any atom is 0.200 e. The summed E-state index contributed by atoms with van der Waals surface area (Å²) in [6, 6.07) is 14.2. The zero-order valence-corrected chi connectivity index (χ0v) is 33.0. The first-order valence-corrected chi connectivity index (χ1v) is 16.2. The number of hydrogen-bond donors (Lipinski definition) is 5. The van der Waals surface area contributed by atoms with E-state index in [1.165, 1.54) is 48.5 Å². The molecule has 308 valence electrons. The van der Waals surface area contributed by atoms with E-state index in [1.54, 1.807) is 19.1 Å². The van der Waals surface area contributed by atoms with Crippen LogP contribution in [0.5, 0.6) is 17.2 Å². The average Bonchev–Trinajstić information content (AvgIpc) is 3.05. The van der Waals surface area contributed by atoms with Crippen molar-refractivity contribution in [2.45, 2.75) is 6.92 Å². The zero-order chi connectivity index (χ0) is 38.6. The molecule has 3 aromatic rings. The van der Waals surface area contributed by atoms with Crippen LogP contribution in [0.15, 0.2) is 69.9 Å². The number of benzene rings is 4. The lowest BCUT2D eigenvalue weighted by atomic mass is 9.93. The fraction of sp³-hybridized carbons (Fsp3) is 0.194. The van der Waals surface area contributed by atoms with E-state index < -0.39 is 55.5 Å². The molecule has 0 amide bonds. The predicted molar refractivity (Wildman–Crippen MR) is 207 cm³/mol. The van der Waals surface area contributed by atoms with E-state index in [0.29, 0.717) is 27.6 Å². The third kappa shape index (κ3) is 11.8. The van der Waals surface area contributed by atoms with E-state index in [9.17, 15) is 49.5 Å². The molecule has 0 saturated heterocycles. The molecule has 0 fully saturated rings. The van der Waals surface area contributed by atoms with Crippen molar-refractivity contribution in [2.75, 3.05) is 49.2 Å². The number of carbonyl (C=O) groups is 4. The number of ether oxygens (including phenoxy) is 2. The molecule has 21 heteroatoms. The highest BCUT2D eigenvalue weighted by molar-refractivity contribution is 6.33. The van der Waals surface area contributed by atoms with Gasteiger partial charge in [-0.25, -0.2) is 0 Å². The van der Waals surface area contributed by atoms with Gasteiger partial charge in [-0.15, -0.1) is 0 Å². The summed E-state index contributed by atoms with van der Waals surface area (Å²) in [6.07, 6.45) is 0. The van der Waals surface area contributed by atoms with Crippen LogP contribution in [0.4, 0.5) is 11.4 Å². The number of aromatic hydroxyl groups is 1. The van der Waals surface area contributed by atoms with Crippen molar-refractivity contribution in [2.24, 2.45) is 0 Å². The fourth-order valence-corrected chi connectivity index (χ4v) is 5.98. The van der Waals surface area contributed by atoms with Crippen LogP contribution in [0.1, 0.15) is 5.56 Å². The Kier molecular flexibility index (Phi) is 17.5. The van der Waals surface area contributed by atoms with Crippen LogP contribution in [0.2, 0.25) is 10.0 Å². The Hall–Kier alpha value is -6.35. The number of phenolic OH excluding ortho intramolecular Hbond substituents is 1. The van der Waals surface area contributed by atoms with Crippen LogP contribution in [-0.2, 0) is 19.2 Å². The summed E-state index contributed by atoms with van der Waals surface area (Å²) >= 11 is 12.5. The molecule has 1 aliphatic carbocycles. The number of aliphatic carboxylic acids is 4. The molecule has 0 unspecified atom stereocenters. The van der Waals surface area contributed by atoms with E-state index in [1.807, 2.05) is 0 Å². The van der Waals surface area contributed by atoms with Gasteiger partial charge in [-0.05, 0) is 54.4 Å². The maximum atomic E-state index is 12.4. The standard InChI is InChI=1S/C36H30Cl2N2O13.4H3N/c1-18-6-20(39(14-32(43)44)15-33(45)46)9-21(7-18)51-4-5-52-31-8-19(2-3-26(31)40(16-34(47)48)17-35(49)50)36-22-10-24(37)27(41)12-29(22)53-30-13-28(42)25(38)11-23(30)36;;;;/h2-3,6-13,41H,4-5,14-17H2,1H3,(H,43,44)(H,45,46)(H,47,48)(H,49,50);4*1H3. The first-order chi connectivity index (χ1) is 25.1. The van der Waals surface area contributed by atoms with Crippen molar-refractivity contribution in [3.8, 4) is 39.7 Å². The molecule has 1 aliphatic heterocycles. The summed E-state index contributed by atoms with van der Waals surface area (Å²) < 4.78 is 17.8. The van der Waals surface area contributed by atoms with Gasteiger partial charge < -0.3 is 93.0 Å². The fourth-order valence-electron chi connectivity index (χ4n) is 5.65. The molecule has 3 aromatic carbocycles. The minimum absolute atomic E-state index is 0. The van der Waals surface area contributed by atoms with E-state index in [4.69, 9.17) is 37.1 Å². The van der Waals surface area contributed by atoms with Crippen LogP contribution in [0.25, 0.3) is 33.4 Å². The number of carbonyl (C=O) groups excluding carboxylic acids is 4. The Labute approximate surface area is 334 Å². The first kappa shape index (κ1) is 48.7. The first-order valence-electron chi connectivity index (χ1n) is 15.5. The highest BCUT2D eigenvalue weighted by atomic mass is 35.5. The van der Waals surface area contributed by atoms with Crippen LogP contribution < -0.4 is 69.7 Å². The SMILES string of the molecule is Cc1cc(OCCOc2cc(-c3c4cc(Cl)c(=O)cc-4oc4cc(O)c(Cl)cc34)ccc2N(CC(=O)[O-])CC(=O)[O-])cc(N(CC(=O)[O-])CC(=O)[O-])c1.[NH4+].[NH4+].[NH4+].[NH4+]. The van der Waals surface area contributed by atoms with Gasteiger partial charge >= 0.3 is 0 Å². The molecule has 0 spiro atoms. The molecule has 0 aromatic heterocycles. The van der Waals surface area contributed by atoms with Gasteiger partial charge in [0, 0.05) is 40.4 Å². The van der Waals surface area contributed by atoms with E-state index in [2.05, 4.69) is 0 Å². The van der Waals surface area contributed by atoms with Crippen LogP contribution in [-0.4, -0.2) is 68.4 Å². The van der Waals surface area contributed by atoms with Gasteiger partial charge in [0.2, 0.25) is 5.43 Å². The Morgan fingerprint density at radius 1 is 0.719 bits per heavy atom. The molecule has 0 bridgehead atoms. The number of anilines is 2. The number of hydrogen-bond acceptors (Lipinski definition) is 15. The second kappa shape index (κ2) is 20.5. The van der Waals surface area contributed by atoms with Gasteiger partial charge in [0.15, 0.2) is 0 Å². The largest absolute Gasteiger partial charge is 0.548 e. The van der Waals surface area contributed by atoms with Crippen molar-refractivity contribution in [1.82, 2.24) is 24.6 Å². The Balaban J connectivity index is 0.00000406. The highest BCUT2D eigenvalue weighted by Gasteiger charge is 2.23. The monoisotopic (exact) mass is 836 g/mol. The van der Waals surface area contributed by atoms with Gasteiger partial charge in [-0.1, -0.05) is 29.3 Å². The van der Waals surface area contributed by atoms with E-state index in [-0.39, 0.29) is 87.8 Å². The number of halogens is 2. The van der Waals surface area contributed by atoms with Crippen LogP contribution >= 0.6 is 23.2 Å². The molecule has 19 nitrogen and oxygen atoms in total. The number of aryl methyl sites for hydroxylation is 1. The lowest BCUT2D eigenvalue weighted by molar-refractivity contribution is -0.307. The van der Waals surface area contributed by atoms with Gasteiger partial charge in [0.1, 0.15) is 41.8 Å². The topological polar surface area (TPSA) is 382 Å². The van der Waals surface area contributed by atoms with Crippen molar-refractivity contribution in [3.05, 3.63) is 86.5 Å². The lowest BCUT2D eigenvalue weighted by Gasteiger charge is -2.28. The average molecular weight is 838 g/mol. The summed E-state index contributed by atoms with van der Waals surface area (Å²) in [5.41, 5.74) is 1.59. The van der Waals surface area contributed by atoms with Crippen molar-refractivity contribution < 1.29 is 58.6 Å². The molecule has 0 atom stereocenters. The van der Waals surface area contributed by atoms with Gasteiger partial charge in [0.25, 0.3) is 0 Å². The summed E-state index contributed by atoms with van der Waals surface area (Å²) in [4.78, 5) is 60.2. The molecule has 0 radical (unpaired) electrons. The molecule has 2 aliphatic rings. The highest BCUT2D eigenvalue weighted by Crippen LogP contribution is 2.45. The number of quaternary nitrogens is 4. The number of rotatable bonds is 16. The van der Waals surface area contributed by atoms with Gasteiger partial charge in [0.05, 0.1) is 65.8 Å². The molecule has 1 heterocycles. The van der Waals surface area contributed by atoms with Crippen LogP contribution in [0.3, 0.4) is 0 Å². The van der Waals surface area contributed by atoms with E-state index >= 15 is 0 Å². The minimum atomic E-state index is -1.59. The third-order valence-electron chi connectivity index (χ3n) is 7.72. The quantitative estimate of drug-likeness (QED) is 0.0694. The number of fused-ring (bicyclic) bond motifs is 2. The Morgan fingerprint density at radius 3 is 1.89 bits per heavy atom. The molecule has 5 rings (SSSR count). The second-order valence-corrected chi connectivity index (χ2v) is 12.5. The van der Waals surface area contributed by atoms with Crippen molar-refractivity contribution in [3.63, 3.8) is 0 Å². The summed E-state index contributed by atoms with van der Waals surface area (Å²) in [5, 5.41) is 56.3. The summed E-state index contributed by atoms with van der Waals surface area (Å²) in [5.74, 6) is -6.21. The number of nitrogens with zero attached hydrogens (tertiary/aromatic N) is 2. The number of carboxylic acids is 4. The summed E-state index contributed by atoms with van der Waals surface area (Å²) in [7, 11) is 0. The smallest absolute Gasteiger partial charge is 0.200 e. The predicted octanol–water partition coefficient (Wildman–Crippen LogP) is 1.46. The second-order valence-electron chi connectivity index (χ2n) is 11.6. The molecule has 0 saturated carbocycles. The number of phenols is 1. The molecule has 57 heavy (non-hydrogen) atoms. The molecular weight excluding hydrogens is 795 g/mol. The van der Waals surface area contributed by atoms with E-state index in [0.717, 1.165) is 9.80 Å². The lowest BCUT2D eigenvalue weighted by Crippen LogP contribution is -2.44. The number of carboxylic acid groups (broad SMARTS) is 4. The molecule has 17 N–H and O–H groups in total. The Morgan fingerprint density at radius 2 is 1.30 bits per heavy atom. The van der Waals surface area contributed by atoms with Crippen molar-refractivity contribution >= 4 is 69.4 Å². The minimum Gasteiger partial charge on any atom is -0.548 e. The Bertz CT molecular complexity index is 2260. The molecular formula is C36H42Cl2N6O13. The van der Waals surface area contributed by atoms with Crippen molar-refractivity contribution in [1.29, 1.82) is 0 Å². The van der Waals surface area contributed by atoms with Crippen LogP contribution in [0, 0.1) is 6.92 Å². The maximum absolute atomic E-state index is 12.4. The normalized spacial score (nSPS) is 10.2. The van der Waals surface area contributed by atoms with Gasteiger partial charge in [-0.2, -0.15) is 0 Å². The third-order valence-corrected chi connectivity index (χ3v) is 8.32. The van der Waals surface area contributed by atoms with Gasteiger partial charge in [-0.3, -0.25) is 4.79 Å². The zero-order valence-electron chi connectivity index (χ0n) is 31.5. The summed E-state index contributed by atoms with van der Waals surface area (Å²) in [6.45, 7) is -1.88.